The molecule has 0 aliphatic carbocycles. The molecule has 0 saturated carbocycles. The summed E-state index contributed by atoms with van der Waals surface area (Å²) in [6.45, 7) is 9.62. The molecule has 5 aliphatic heterocycles. The summed E-state index contributed by atoms with van der Waals surface area (Å²) < 4.78 is 0. The van der Waals surface area contributed by atoms with Crippen molar-refractivity contribution < 1.29 is 28.8 Å². The standard InChI is InChI=1S/C50H63N9O6S/c60-45(15-9-37-8-6-21-51-34-37)52-22-3-2-7-36-17-24-58(25-18-36)48(63)38-10-14-44(53-35-38)57-26-19-39(20-27-57)56-30-28-55(29-31-56)23-4-1-5-32-66-40-11-12-41-42(33-40)50(65)59(49(41)64)43-13-16-46(61)54-47(43)62/h6,8-12,14-15,21,33-36,39,43H,1-5,7,13,16-20,22-32H2,(H,52,60)(H,54,61,62)/b15-9+. The van der Waals surface area contributed by atoms with Crippen LogP contribution in [0.1, 0.15) is 114 Å². The maximum Gasteiger partial charge on any atom is 0.262 e. The molecule has 2 N–H and O–H groups in total. The molecule has 0 spiro atoms. The minimum Gasteiger partial charge on any atom is -0.357 e. The number of likely N-dealkylation sites (tertiary alicyclic amines) is 1. The van der Waals surface area contributed by atoms with Gasteiger partial charge in [0.15, 0.2) is 0 Å². The normalized spacial score (nSPS) is 20.3. The smallest absolute Gasteiger partial charge is 0.262 e. The van der Waals surface area contributed by atoms with Crippen LogP contribution in [0.15, 0.2) is 72.0 Å². The SMILES string of the molecule is O=C(/C=C/c1cccnc1)NCCCCC1CCN(C(=O)c2ccc(N3CCC(N4CCN(CCCCCSc5ccc6c(c5)C(=O)N(C5CCC(=O)NC5=O)C6=O)CC4)CC3)nc2)CC1. The van der Waals surface area contributed by atoms with Gasteiger partial charge in [-0.25, -0.2) is 4.98 Å². The van der Waals surface area contributed by atoms with E-state index in [1.807, 2.05) is 35.2 Å². The lowest BCUT2D eigenvalue weighted by Crippen LogP contribution is -2.54. The van der Waals surface area contributed by atoms with Crippen molar-refractivity contribution in [2.24, 2.45) is 5.92 Å². The first-order valence-corrected chi connectivity index (χ1v) is 25.0. The molecule has 350 valence electrons. The largest absolute Gasteiger partial charge is 0.357 e. The summed E-state index contributed by atoms with van der Waals surface area (Å²) in [5, 5.41) is 5.21. The van der Waals surface area contributed by atoms with Crippen molar-refractivity contribution in [1.29, 1.82) is 0 Å². The van der Waals surface area contributed by atoms with Crippen LogP contribution in [0, 0.1) is 5.92 Å². The Labute approximate surface area is 392 Å². The molecule has 7 heterocycles. The Kier molecular flexibility index (Phi) is 16.3. The van der Waals surface area contributed by atoms with Gasteiger partial charge in [0.25, 0.3) is 17.7 Å². The number of nitrogens with one attached hydrogen (secondary N) is 2. The third kappa shape index (κ3) is 12.1. The Bertz CT molecular complexity index is 2220. The number of aromatic nitrogens is 2. The van der Waals surface area contributed by atoms with E-state index in [4.69, 9.17) is 4.98 Å². The lowest BCUT2D eigenvalue weighted by molar-refractivity contribution is -0.136. The Balaban J connectivity index is 0.657. The van der Waals surface area contributed by atoms with Crippen molar-refractivity contribution in [3.8, 4) is 0 Å². The van der Waals surface area contributed by atoms with E-state index in [-0.39, 0.29) is 30.6 Å². The molecule has 15 nitrogen and oxygen atoms in total. The molecule has 1 aromatic carbocycles. The molecular formula is C50H63N9O6S. The van der Waals surface area contributed by atoms with E-state index in [9.17, 15) is 28.8 Å². The van der Waals surface area contributed by atoms with Gasteiger partial charge in [-0.1, -0.05) is 25.3 Å². The molecule has 4 fully saturated rings. The summed E-state index contributed by atoms with van der Waals surface area (Å²) in [5.41, 5.74) is 2.20. The van der Waals surface area contributed by atoms with Gasteiger partial charge in [-0.05, 0) is 118 Å². The highest BCUT2D eigenvalue weighted by Gasteiger charge is 2.44. The summed E-state index contributed by atoms with van der Waals surface area (Å²) >= 11 is 1.68. The number of thioether (sulfide) groups is 1. The van der Waals surface area contributed by atoms with E-state index in [0.29, 0.717) is 35.2 Å². The van der Waals surface area contributed by atoms with E-state index in [0.717, 1.165) is 150 Å². The number of piperidine rings is 3. The number of hydrogen-bond donors (Lipinski definition) is 2. The number of rotatable bonds is 18. The zero-order chi connectivity index (χ0) is 45.8. The summed E-state index contributed by atoms with van der Waals surface area (Å²) in [5.74, 6) is 0.541. The number of nitrogens with zero attached hydrogens (tertiary/aromatic N) is 7. The monoisotopic (exact) mass is 917 g/mol. The van der Waals surface area contributed by atoms with E-state index in [1.54, 1.807) is 54.6 Å². The molecule has 3 aromatic rings. The van der Waals surface area contributed by atoms with Gasteiger partial charge >= 0.3 is 0 Å². The van der Waals surface area contributed by atoms with Crippen LogP contribution in [-0.4, -0.2) is 148 Å². The minimum atomic E-state index is -0.951. The maximum absolute atomic E-state index is 13.4. The highest BCUT2D eigenvalue weighted by molar-refractivity contribution is 7.99. The molecule has 0 bridgehead atoms. The molecule has 8 rings (SSSR count). The number of fused-ring (bicyclic) bond motifs is 1. The van der Waals surface area contributed by atoms with Crippen molar-refractivity contribution in [1.82, 2.24) is 40.2 Å². The number of carbonyl (C=O) groups excluding carboxylic acids is 6. The Morgan fingerprint density at radius 2 is 1.61 bits per heavy atom. The fraction of sp³-hybridized carbons (Fsp3) is 0.520. The number of carbonyl (C=O) groups is 6. The first-order valence-electron chi connectivity index (χ1n) is 24.0. The molecule has 4 saturated heterocycles. The minimum absolute atomic E-state index is 0.0705. The maximum atomic E-state index is 13.4. The van der Waals surface area contributed by atoms with Crippen molar-refractivity contribution >= 4 is 59.1 Å². The second-order valence-corrected chi connectivity index (χ2v) is 19.4. The van der Waals surface area contributed by atoms with E-state index < -0.39 is 23.8 Å². The van der Waals surface area contributed by atoms with Gasteiger partial charge in [-0.15, -0.1) is 11.8 Å². The molecule has 5 aliphatic rings. The Hall–Kier alpha value is -5.45. The van der Waals surface area contributed by atoms with E-state index >= 15 is 0 Å². The average Bonchev–Trinajstić information content (AvgIpc) is 3.59. The van der Waals surface area contributed by atoms with Crippen LogP contribution in [-0.2, 0) is 14.4 Å². The fourth-order valence-corrected chi connectivity index (χ4v) is 10.9. The number of hydrogen-bond acceptors (Lipinski definition) is 12. The van der Waals surface area contributed by atoms with Crippen molar-refractivity contribution in [2.45, 2.75) is 94.0 Å². The van der Waals surface area contributed by atoms with Crippen LogP contribution in [0.2, 0.25) is 0 Å². The molecule has 1 unspecified atom stereocenters. The lowest BCUT2D eigenvalue weighted by Gasteiger charge is -2.43. The number of pyridine rings is 2. The Morgan fingerprint density at radius 1 is 0.803 bits per heavy atom. The van der Waals surface area contributed by atoms with Gasteiger partial charge < -0.3 is 20.0 Å². The van der Waals surface area contributed by atoms with Crippen molar-refractivity contribution in [2.75, 3.05) is 76.1 Å². The van der Waals surface area contributed by atoms with Crippen LogP contribution < -0.4 is 15.5 Å². The molecule has 0 radical (unpaired) electrons. The molecule has 16 heteroatoms. The quantitative estimate of drug-likeness (QED) is 0.0735. The van der Waals surface area contributed by atoms with Gasteiger partial charge in [0, 0.05) is 101 Å². The highest BCUT2D eigenvalue weighted by Crippen LogP contribution is 2.32. The first-order chi connectivity index (χ1) is 32.2. The predicted octanol–water partition coefficient (Wildman–Crippen LogP) is 5.28. The Morgan fingerprint density at radius 3 is 2.35 bits per heavy atom. The molecule has 6 amide bonds. The zero-order valence-corrected chi connectivity index (χ0v) is 38.7. The summed E-state index contributed by atoms with van der Waals surface area (Å²) in [6.07, 6.45) is 19.5. The first kappa shape index (κ1) is 47.1. The van der Waals surface area contributed by atoms with E-state index in [1.165, 1.54) is 0 Å². The van der Waals surface area contributed by atoms with Gasteiger partial charge in [0.2, 0.25) is 17.7 Å². The third-order valence-electron chi connectivity index (χ3n) is 13.9. The van der Waals surface area contributed by atoms with Gasteiger partial charge in [0.05, 0.1) is 16.7 Å². The molecule has 66 heavy (non-hydrogen) atoms. The second-order valence-electron chi connectivity index (χ2n) is 18.2. The van der Waals surface area contributed by atoms with Gasteiger partial charge in [-0.2, -0.15) is 0 Å². The number of amides is 6. The molecular weight excluding hydrogens is 855 g/mol. The van der Waals surface area contributed by atoms with E-state index in [2.05, 4.69) is 30.3 Å². The van der Waals surface area contributed by atoms with Crippen LogP contribution in [0.5, 0.6) is 0 Å². The topological polar surface area (TPSA) is 168 Å². The fourth-order valence-electron chi connectivity index (χ4n) is 9.94. The number of unbranched alkanes of at least 4 members (excludes halogenated alkanes) is 3. The van der Waals surface area contributed by atoms with Crippen LogP contribution >= 0.6 is 11.8 Å². The predicted molar refractivity (Wildman–Crippen MR) is 254 cm³/mol. The third-order valence-corrected chi connectivity index (χ3v) is 14.9. The van der Waals surface area contributed by atoms with Crippen molar-refractivity contribution in [3.63, 3.8) is 0 Å². The van der Waals surface area contributed by atoms with Crippen LogP contribution in [0.25, 0.3) is 6.08 Å². The summed E-state index contributed by atoms with van der Waals surface area (Å²) in [6, 6.07) is 12.7. The second kappa shape index (κ2) is 22.8. The number of anilines is 1. The summed E-state index contributed by atoms with van der Waals surface area (Å²) in [7, 11) is 0. The van der Waals surface area contributed by atoms with Crippen LogP contribution in [0.3, 0.4) is 0 Å². The molecule has 1 atom stereocenters. The van der Waals surface area contributed by atoms with Crippen molar-refractivity contribution in [3.05, 3.63) is 89.4 Å². The lowest BCUT2D eigenvalue weighted by atomic mass is 9.91. The highest BCUT2D eigenvalue weighted by atomic mass is 32.2. The van der Waals surface area contributed by atoms with Gasteiger partial charge in [0.1, 0.15) is 11.9 Å². The average molecular weight is 918 g/mol. The van der Waals surface area contributed by atoms with Crippen LogP contribution in [0.4, 0.5) is 5.82 Å². The zero-order valence-electron chi connectivity index (χ0n) is 37.9. The summed E-state index contributed by atoms with van der Waals surface area (Å²) in [4.78, 5) is 95.9. The molecule has 2 aromatic heterocycles. The number of imide groups is 2. The number of benzene rings is 1. The number of piperazine rings is 1. The van der Waals surface area contributed by atoms with Gasteiger partial charge in [-0.3, -0.25) is 48.9 Å².